The summed E-state index contributed by atoms with van der Waals surface area (Å²) in [5.41, 5.74) is 0.948. The van der Waals surface area contributed by atoms with Crippen LogP contribution >= 0.6 is 0 Å². The molecule has 1 aliphatic rings. The van der Waals surface area contributed by atoms with Gasteiger partial charge in [-0.3, -0.25) is 4.79 Å². The second-order valence-electron chi connectivity index (χ2n) is 4.16. The molecule has 0 aliphatic heterocycles. The van der Waals surface area contributed by atoms with E-state index in [9.17, 15) is 9.90 Å². The molecule has 0 heterocycles. The molecule has 0 unspecified atom stereocenters. The Morgan fingerprint density at radius 3 is 2.57 bits per heavy atom. The minimum atomic E-state index is -0.416. The lowest BCUT2D eigenvalue weighted by molar-refractivity contribution is -0.148. The normalized spacial score (nSPS) is 36.9. The molecule has 0 radical (unpaired) electrons. The number of allylic oxidation sites excluding steroid dienone is 1. The van der Waals surface area contributed by atoms with Gasteiger partial charge in [-0.1, -0.05) is 19.1 Å². The first kappa shape index (κ1) is 11.2. The van der Waals surface area contributed by atoms with Crippen molar-refractivity contribution in [1.82, 2.24) is 0 Å². The van der Waals surface area contributed by atoms with Gasteiger partial charge in [0.25, 0.3) is 0 Å². The SMILES string of the molecule is C=C(C)[C@H]1C[C@H](O)[C@H](C)[C@H]1C(=O)OC. The molecule has 4 atom stereocenters. The number of methoxy groups -OCH3 is 1. The van der Waals surface area contributed by atoms with Crippen LogP contribution < -0.4 is 0 Å². The summed E-state index contributed by atoms with van der Waals surface area (Å²) < 4.78 is 4.74. The molecule has 0 amide bonds. The maximum atomic E-state index is 11.5. The first-order valence-electron chi connectivity index (χ1n) is 4.90. The van der Waals surface area contributed by atoms with E-state index in [1.165, 1.54) is 7.11 Å². The third-order valence-electron chi connectivity index (χ3n) is 3.21. The first-order chi connectivity index (χ1) is 6.49. The highest BCUT2D eigenvalue weighted by Gasteiger charge is 2.44. The van der Waals surface area contributed by atoms with Crippen LogP contribution in [0.1, 0.15) is 20.3 Å². The van der Waals surface area contributed by atoms with Crippen LogP contribution in [0.5, 0.6) is 0 Å². The topological polar surface area (TPSA) is 46.5 Å². The van der Waals surface area contributed by atoms with E-state index in [1.54, 1.807) is 0 Å². The zero-order chi connectivity index (χ0) is 10.9. The van der Waals surface area contributed by atoms with Crippen LogP contribution in [0.25, 0.3) is 0 Å². The van der Waals surface area contributed by atoms with Gasteiger partial charge in [-0.05, 0) is 25.2 Å². The molecule has 0 bridgehead atoms. The molecule has 80 valence electrons. The molecule has 0 aromatic rings. The number of ether oxygens (including phenoxy) is 1. The van der Waals surface area contributed by atoms with Crippen LogP contribution in [0.3, 0.4) is 0 Å². The number of rotatable bonds is 2. The fraction of sp³-hybridized carbons (Fsp3) is 0.727. The average molecular weight is 198 g/mol. The molecular weight excluding hydrogens is 180 g/mol. The van der Waals surface area contributed by atoms with E-state index in [1.807, 2.05) is 13.8 Å². The van der Waals surface area contributed by atoms with Crippen LogP contribution in [0.4, 0.5) is 0 Å². The van der Waals surface area contributed by atoms with Crippen molar-refractivity contribution in [2.45, 2.75) is 26.4 Å². The zero-order valence-corrected chi connectivity index (χ0v) is 8.99. The number of aliphatic hydroxyl groups is 1. The van der Waals surface area contributed by atoms with Crippen molar-refractivity contribution >= 4 is 5.97 Å². The third kappa shape index (κ3) is 1.82. The highest BCUT2D eigenvalue weighted by molar-refractivity contribution is 5.74. The van der Waals surface area contributed by atoms with Crippen molar-refractivity contribution in [3.63, 3.8) is 0 Å². The number of carbonyl (C=O) groups excluding carboxylic acids is 1. The molecule has 14 heavy (non-hydrogen) atoms. The minimum absolute atomic E-state index is 0.0378. The van der Waals surface area contributed by atoms with E-state index in [0.717, 1.165) is 5.57 Å². The second kappa shape index (κ2) is 4.13. The fourth-order valence-corrected chi connectivity index (χ4v) is 2.25. The first-order valence-corrected chi connectivity index (χ1v) is 4.90. The van der Waals surface area contributed by atoms with Gasteiger partial charge in [-0.2, -0.15) is 0 Å². The summed E-state index contributed by atoms with van der Waals surface area (Å²) in [6.07, 6.45) is 0.205. The largest absolute Gasteiger partial charge is 0.469 e. The summed E-state index contributed by atoms with van der Waals surface area (Å²) in [5, 5.41) is 9.68. The van der Waals surface area contributed by atoms with E-state index in [4.69, 9.17) is 4.74 Å². The van der Waals surface area contributed by atoms with Crippen molar-refractivity contribution < 1.29 is 14.6 Å². The monoisotopic (exact) mass is 198 g/mol. The molecule has 0 saturated heterocycles. The summed E-state index contributed by atoms with van der Waals surface area (Å²) in [4.78, 5) is 11.5. The predicted molar refractivity (Wildman–Crippen MR) is 53.6 cm³/mol. The van der Waals surface area contributed by atoms with E-state index in [0.29, 0.717) is 6.42 Å². The Kier molecular flexibility index (Phi) is 3.32. The van der Waals surface area contributed by atoms with E-state index in [2.05, 4.69) is 6.58 Å². The molecule has 1 aliphatic carbocycles. The second-order valence-corrected chi connectivity index (χ2v) is 4.16. The number of carbonyl (C=O) groups is 1. The van der Waals surface area contributed by atoms with Crippen LogP contribution in [0.2, 0.25) is 0 Å². The Balaban J connectivity index is 2.86. The number of hydrogen-bond acceptors (Lipinski definition) is 3. The van der Waals surface area contributed by atoms with Gasteiger partial charge < -0.3 is 9.84 Å². The summed E-state index contributed by atoms with van der Waals surface area (Å²) in [6, 6.07) is 0. The number of esters is 1. The summed E-state index contributed by atoms with van der Waals surface area (Å²) in [6.45, 7) is 7.63. The van der Waals surface area contributed by atoms with Gasteiger partial charge in [0.2, 0.25) is 0 Å². The molecule has 1 saturated carbocycles. The molecule has 0 aromatic carbocycles. The van der Waals surface area contributed by atoms with Crippen LogP contribution in [0, 0.1) is 17.8 Å². The molecule has 1 rings (SSSR count). The summed E-state index contributed by atoms with van der Waals surface area (Å²) >= 11 is 0. The highest BCUT2D eigenvalue weighted by atomic mass is 16.5. The lowest BCUT2D eigenvalue weighted by Gasteiger charge is -2.20. The molecule has 1 N–H and O–H groups in total. The third-order valence-corrected chi connectivity index (χ3v) is 3.21. The Bertz CT molecular complexity index is 247. The van der Waals surface area contributed by atoms with Gasteiger partial charge in [0.1, 0.15) is 0 Å². The standard InChI is InChI=1S/C11H18O3/c1-6(2)8-5-9(12)7(3)10(8)11(13)14-4/h7-10,12H,1,5H2,2-4H3/t7-,8+,9-,10+/m0/s1. The van der Waals surface area contributed by atoms with Gasteiger partial charge in [0.05, 0.1) is 19.1 Å². The van der Waals surface area contributed by atoms with Crippen molar-refractivity contribution in [2.24, 2.45) is 17.8 Å². The van der Waals surface area contributed by atoms with Gasteiger partial charge in [0, 0.05) is 0 Å². The lowest BCUT2D eigenvalue weighted by Crippen LogP contribution is -2.27. The van der Waals surface area contributed by atoms with Crippen LogP contribution in [0.15, 0.2) is 12.2 Å². The molecule has 3 nitrogen and oxygen atoms in total. The predicted octanol–water partition coefficient (Wildman–Crippen LogP) is 1.37. The van der Waals surface area contributed by atoms with E-state index < -0.39 is 6.10 Å². The van der Waals surface area contributed by atoms with Crippen molar-refractivity contribution in [2.75, 3.05) is 7.11 Å². The average Bonchev–Trinajstić information content (AvgIpc) is 2.43. The zero-order valence-electron chi connectivity index (χ0n) is 8.99. The maximum absolute atomic E-state index is 11.5. The quantitative estimate of drug-likeness (QED) is 0.538. The fourth-order valence-electron chi connectivity index (χ4n) is 2.25. The van der Waals surface area contributed by atoms with Gasteiger partial charge in [0.15, 0.2) is 0 Å². The molecule has 0 spiro atoms. The highest BCUT2D eigenvalue weighted by Crippen LogP contribution is 2.41. The lowest BCUT2D eigenvalue weighted by atomic mass is 9.86. The molecule has 3 heteroatoms. The van der Waals surface area contributed by atoms with Crippen molar-refractivity contribution in [3.8, 4) is 0 Å². The molecular formula is C11H18O3. The number of aliphatic hydroxyl groups excluding tert-OH is 1. The van der Waals surface area contributed by atoms with Gasteiger partial charge >= 0.3 is 5.97 Å². The Hall–Kier alpha value is -0.830. The molecule has 1 fully saturated rings. The van der Waals surface area contributed by atoms with E-state index in [-0.39, 0.29) is 23.7 Å². The Morgan fingerprint density at radius 2 is 2.14 bits per heavy atom. The van der Waals surface area contributed by atoms with Crippen LogP contribution in [-0.4, -0.2) is 24.3 Å². The van der Waals surface area contributed by atoms with Gasteiger partial charge in [-0.15, -0.1) is 0 Å². The minimum Gasteiger partial charge on any atom is -0.469 e. The summed E-state index contributed by atoms with van der Waals surface area (Å²) in [7, 11) is 1.38. The maximum Gasteiger partial charge on any atom is 0.309 e. The molecule has 0 aromatic heterocycles. The van der Waals surface area contributed by atoms with E-state index >= 15 is 0 Å². The smallest absolute Gasteiger partial charge is 0.309 e. The summed E-state index contributed by atoms with van der Waals surface area (Å²) in [5.74, 6) is -0.439. The van der Waals surface area contributed by atoms with Crippen molar-refractivity contribution in [1.29, 1.82) is 0 Å². The van der Waals surface area contributed by atoms with Crippen LogP contribution in [-0.2, 0) is 9.53 Å². The Labute approximate surface area is 84.8 Å². The Morgan fingerprint density at radius 1 is 1.57 bits per heavy atom. The van der Waals surface area contributed by atoms with Crippen molar-refractivity contribution in [3.05, 3.63) is 12.2 Å². The van der Waals surface area contributed by atoms with Gasteiger partial charge in [-0.25, -0.2) is 0 Å². The number of hydrogen-bond donors (Lipinski definition) is 1.